The molecule has 0 saturated carbocycles. The Hall–Kier alpha value is -1.93. The second kappa shape index (κ2) is 8.25. The monoisotopic (exact) mass is 337 g/mol. The molecule has 0 unspecified atom stereocenters. The molecule has 1 fully saturated rings. The predicted octanol–water partition coefficient (Wildman–Crippen LogP) is 0.113. The Bertz CT molecular complexity index is 572. The molecule has 8 nitrogen and oxygen atoms in total. The molecule has 24 heavy (non-hydrogen) atoms. The number of rotatable bonds is 7. The van der Waals surface area contributed by atoms with Gasteiger partial charge in [-0.15, -0.1) is 0 Å². The molecule has 1 atom stereocenters. The number of nitrogens with zero attached hydrogens (tertiary/aromatic N) is 3. The summed E-state index contributed by atoms with van der Waals surface area (Å²) in [6, 6.07) is 1.70. The Morgan fingerprint density at radius 2 is 2.29 bits per heavy atom. The van der Waals surface area contributed by atoms with E-state index in [1.54, 1.807) is 19.1 Å². The zero-order valence-corrected chi connectivity index (χ0v) is 14.8. The maximum atomic E-state index is 12.5. The number of ether oxygens (including phenoxy) is 1. The molecule has 1 saturated heterocycles. The highest BCUT2D eigenvalue weighted by molar-refractivity contribution is 5.88. The van der Waals surface area contributed by atoms with Gasteiger partial charge in [0.15, 0.2) is 0 Å². The second-order valence-electron chi connectivity index (χ2n) is 6.41. The summed E-state index contributed by atoms with van der Waals surface area (Å²) in [5.41, 5.74) is 1.64. The Kier molecular flexibility index (Phi) is 6.33. The van der Waals surface area contributed by atoms with Gasteiger partial charge in [-0.25, -0.2) is 0 Å². The van der Waals surface area contributed by atoms with E-state index >= 15 is 0 Å². The zero-order valence-electron chi connectivity index (χ0n) is 14.8. The fourth-order valence-electron chi connectivity index (χ4n) is 2.94. The van der Waals surface area contributed by atoms with Crippen LogP contribution >= 0.6 is 0 Å². The quantitative estimate of drug-likeness (QED) is 0.737. The van der Waals surface area contributed by atoms with Crippen molar-refractivity contribution in [1.82, 2.24) is 25.3 Å². The first-order valence-electron chi connectivity index (χ1n) is 8.22. The lowest BCUT2D eigenvalue weighted by Crippen LogP contribution is -2.58. The summed E-state index contributed by atoms with van der Waals surface area (Å²) in [4.78, 5) is 28.4. The van der Waals surface area contributed by atoms with Gasteiger partial charge in [0.1, 0.15) is 0 Å². The average molecular weight is 337 g/mol. The number of carbonyl (C=O) groups excluding carboxylic acids is 2. The topological polar surface area (TPSA) is 90.6 Å². The largest absolute Gasteiger partial charge is 0.378 e. The van der Waals surface area contributed by atoms with Crippen molar-refractivity contribution in [2.24, 2.45) is 0 Å². The van der Waals surface area contributed by atoms with E-state index in [4.69, 9.17) is 4.74 Å². The Labute approximate surface area is 142 Å². The summed E-state index contributed by atoms with van der Waals surface area (Å²) in [5.74, 6) is -0.133. The van der Waals surface area contributed by atoms with Gasteiger partial charge in [0.25, 0.3) is 0 Å². The van der Waals surface area contributed by atoms with Gasteiger partial charge in [0, 0.05) is 33.3 Å². The molecule has 2 heterocycles. The smallest absolute Gasteiger partial charge is 0.237 e. The van der Waals surface area contributed by atoms with Crippen molar-refractivity contribution in [3.05, 3.63) is 17.5 Å². The van der Waals surface area contributed by atoms with Crippen LogP contribution in [-0.2, 0) is 27.5 Å². The highest BCUT2D eigenvalue weighted by atomic mass is 16.5. The Balaban J connectivity index is 1.95. The minimum Gasteiger partial charge on any atom is -0.378 e. The number of amides is 2. The first kappa shape index (κ1) is 18.4. The predicted molar refractivity (Wildman–Crippen MR) is 89.0 cm³/mol. The van der Waals surface area contributed by atoms with E-state index in [1.807, 2.05) is 19.9 Å². The highest BCUT2D eigenvalue weighted by Crippen LogP contribution is 2.14. The minimum absolute atomic E-state index is 0.0643. The van der Waals surface area contributed by atoms with E-state index in [1.165, 1.54) is 0 Å². The fraction of sp³-hybridized carbons (Fsp3) is 0.688. The third-order valence-electron chi connectivity index (χ3n) is 4.21. The zero-order chi connectivity index (χ0) is 17.7. The van der Waals surface area contributed by atoms with Crippen LogP contribution in [0.15, 0.2) is 6.07 Å². The molecule has 134 valence electrons. The lowest BCUT2D eigenvalue weighted by molar-refractivity contribution is -0.139. The van der Waals surface area contributed by atoms with E-state index in [0.29, 0.717) is 19.7 Å². The molecular formula is C16H27N5O3. The molecule has 1 aliphatic heterocycles. The third kappa shape index (κ3) is 4.55. The summed E-state index contributed by atoms with van der Waals surface area (Å²) < 4.78 is 5.03. The first-order valence-corrected chi connectivity index (χ1v) is 8.22. The molecule has 0 bridgehead atoms. The summed E-state index contributed by atoms with van der Waals surface area (Å²) in [5, 5.41) is 9.87. The van der Waals surface area contributed by atoms with Crippen LogP contribution in [0, 0.1) is 0 Å². The molecule has 2 N–H and O–H groups in total. The van der Waals surface area contributed by atoms with E-state index in [9.17, 15) is 9.59 Å². The van der Waals surface area contributed by atoms with Crippen molar-refractivity contribution < 1.29 is 14.3 Å². The van der Waals surface area contributed by atoms with Crippen molar-refractivity contribution in [3.8, 4) is 0 Å². The maximum absolute atomic E-state index is 12.5. The lowest BCUT2D eigenvalue weighted by Gasteiger charge is -2.38. The van der Waals surface area contributed by atoms with Crippen LogP contribution in [-0.4, -0.2) is 71.1 Å². The second-order valence-corrected chi connectivity index (χ2v) is 6.41. The summed E-state index contributed by atoms with van der Waals surface area (Å²) in [7, 11) is 3.35. The number of methoxy groups -OCH3 is 1. The summed E-state index contributed by atoms with van der Waals surface area (Å²) >= 11 is 0. The first-order chi connectivity index (χ1) is 11.4. The normalized spacial score (nSPS) is 18.7. The molecule has 1 aromatic rings. The van der Waals surface area contributed by atoms with E-state index in [2.05, 4.69) is 20.4 Å². The highest BCUT2D eigenvalue weighted by Gasteiger charge is 2.33. The van der Waals surface area contributed by atoms with Crippen LogP contribution in [0.5, 0.6) is 0 Å². The molecule has 2 rings (SSSR count). The lowest BCUT2D eigenvalue weighted by atomic mass is 10.1. The van der Waals surface area contributed by atoms with Gasteiger partial charge >= 0.3 is 0 Å². The van der Waals surface area contributed by atoms with Crippen molar-refractivity contribution in [3.63, 3.8) is 0 Å². The van der Waals surface area contributed by atoms with E-state index in [-0.39, 0.29) is 24.3 Å². The standard InChI is InChI=1S/C16H27N5O3/c1-11(2)21-6-5-17-16(23)14(21)8-15(22)20(3)9-12-7-13(10-24-4)19-18-12/h7,11,14H,5-6,8-10H2,1-4H3,(H,17,23)(H,18,19)/t14-/m0/s1. The van der Waals surface area contributed by atoms with E-state index < -0.39 is 6.04 Å². The van der Waals surface area contributed by atoms with Gasteiger partial charge in [0.2, 0.25) is 11.8 Å². The van der Waals surface area contributed by atoms with Crippen LogP contribution in [0.25, 0.3) is 0 Å². The summed E-state index contributed by atoms with van der Waals surface area (Å²) in [6.07, 6.45) is 0.180. The number of hydrogen-bond acceptors (Lipinski definition) is 5. The van der Waals surface area contributed by atoms with Gasteiger partial charge < -0.3 is 15.0 Å². The average Bonchev–Trinajstić information content (AvgIpc) is 2.96. The molecule has 1 aliphatic rings. The Morgan fingerprint density at radius 1 is 1.54 bits per heavy atom. The Morgan fingerprint density at radius 3 is 2.96 bits per heavy atom. The van der Waals surface area contributed by atoms with Gasteiger partial charge in [0.05, 0.1) is 37.0 Å². The van der Waals surface area contributed by atoms with Crippen molar-refractivity contribution in [1.29, 1.82) is 0 Å². The van der Waals surface area contributed by atoms with E-state index in [0.717, 1.165) is 17.9 Å². The van der Waals surface area contributed by atoms with Crippen molar-refractivity contribution in [2.75, 3.05) is 27.2 Å². The van der Waals surface area contributed by atoms with Crippen LogP contribution in [0.4, 0.5) is 0 Å². The molecule has 0 radical (unpaired) electrons. The van der Waals surface area contributed by atoms with Gasteiger partial charge in [-0.05, 0) is 19.9 Å². The van der Waals surface area contributed by atoms with Gasteiger partial charge in [-0.1, -0.05) is 0 Å². The molecular weight excluding hydrogens is 310 g/mol. The number of hydrogen-bond donors (Lipinski definition) is 2. The number of carbonyl (C=O) groups is 2. The number of H-pyrrole nitrogens is 1. The van der Waals surface area contributed by atoms with Gasteiger partial charge in [-0.3, -0.25) is 19.6 Å². The molecule has 1 aromatic heterocycles. The minimum atomic E-state index is -0.403. The molecule has 2 amide bonds. The third-order valence-corrected chi connectivity index (χ3v) is 4.21. The number of piperazine rings is 1. The fourth-order valence-corrected chi connectivity index (χ4v) is 2.94. The van der Waals surface area contributed by atoms with Crippen molar-refractivity contribution in [2.45, 2.75) is 45.5 Å². The molecule has 0 aromatic carbocycles. The molecule has 8 heteroatoms. The van der Waals surface area contributed by atoms with Crippen LogP contribution < -0.4 is 5.32 Å². The SMILES string of the molecule is COCc1cc(CN(C)C(=O)C[C@H]2C(=O)NCCN2C(C)C)[nH]n1. The summed E-state index contributed by atoms with van der Waals surface area (Å²) in [6.45, 7) is 6.34. The molecule has 0 aliphatic carbocycles. The van der Waals surface area contributed by atoms with Crippen LogP contribution in [0.2, 0.25) is 0 Å². The van der Waals surface area contributed by atoms with Gasteiger partial charge in [-0.2, -0.15) is 5.10 Å². The van der Waals surface area contributed by atoms with Crippen LogP contribution in [0.3, 0.4) is 0 Å². The number of aromatic amines is 1. The number of nitrogens with one attached hydrogen (secondary N) is 2. The van der Waals surface area contributed by atoms with Crippen LogP contribution in [0.1, 0.15) is 31.7 Å². The maximum Gasteiger partial charge on any atom is 0.237 e. The molecule has 0 spiro atoms. The number of aromatic nitrogens is 2. The van der Waals surface area contributed by atoms with Crippen molar-refractivity contribution >= 4 is 11.8 Å².